The maximum atomic E-state index is 13.7. The second-order valence-electron chi connectivity index (χ2n) is 5.91. The Balaban J connectivity index is 0.00000243. The average molecular weight is 473 g/mol. The van der Waals surface area contributed by atoms with E-state index in [0.29, 0.717) is 25.0 Å². The molecule has 1 aliphatic rings. The fourth-order valence-electron chi connectivity index (χ4n) is 2.93. The molecule has 2 aromatic rings. The van der Waals surface area contributed by atoms with Crippen LogP contribution < -0.4 is 15.4 Å². The maximum Gasteiger partial charge on any atom is 0.191 e. The number of benzene rings is 2. The van der Waals surface area contributed by atoms with Gasteiger partial charge in [-0.2, -0.15) is 0 Å². The Morgan fingerprint density at radius 3 is 2.81 bits per heavy atom. The molecule has 0 bridgehead atoms. The summed E-state index contributed by atoms with van der Waals surface area (Å²) >= 11 is 0. The van der Waals surface area contributed by atoms with Gasteiger partial charge in [0.25, 0.3) is 0 Å². The molecular weight excluding hydrogens is 451 g/mol. The molecule has 3 rings (SSSR count). The van der Waals surface area contributed by atoms with E-state index >= 15 is 0 Å². The van der Waals surface area contributed by atoms with Crippen LogP contribution >= 0.6 is 24.0 Å². The van der Waals surface area contributed by atoms with Gasteiger partial charge in [-0.15, -0.1) is 24.0 Å². The van der Waals surface area contributed by atoms with Gasteiger partial charge < -0.3 is 15.4 Å². The van der Waals surface area contributed by atoms with Crippen LogP contribution in [0, 0.1) is 11.6 Å². The lowest BCUT2D eigenvalue weighted by Gasteiger charge is -2.26. The van der Waals surface area contributed by atoms with E-state index < -0.39 is 11.6 Å². The molecule has 26 heavy (non-hydrogen) atoms. The van der Waals surface area contributed by atoms with Crippen LogP contribution in [-0.4, -0.2) is 26.2 Å². The number of para-hydroxylation sites is 1. The van der Waals surface area contributed by atoms with Crippen molar-refractivity contribution in [3.05, 3.63) is 65.2 Å². The molecule has 1 heterocycles. The highest BCUT2D eigenvalue weighted by atomic mass is 127. The van der Waals surface area contributed by atoms with Crippen molar-refractivity contribution in [2.24, 2.45) is 4.99 Å². The summed E-state index contributed by atoms with van der Waals surface area (Å²) in [6, 6.07) is 11.4. The van der Waals surface area contributed by atoms with Gasteiger partial charge in [-0.3, -0.25) is 4.99 Å². The standard InChI is InChI=1S/C19H21F2N3O.HI/c1-22-19(24-12-14-10-15(20)6-7-17(14)21)23-11-13-8-9-25-18-5-3-2-4-16(13)18;/h2-7,10,13H,8-9,11-12H2,1H3,(H2,22,23,24);1H. The number of aliphatic imine (C=N–C) groups is 1. The summed E-state index contributed by atoms with van der Waals surface area (Å²) in [4.78, 5) is 4.14. The summed E-state index contributed by atoms with van der Waals surface area (Å²) in [6.07, 6.45) is 0.916. The lowest BCUT2D eigenvalue weighted by atomic mass is 9.93. The molecule has 7 heteroatoms. The number of fused-ring (bicyclic) bond motifs is 1. The van der Waals surface area contributed by atoms with E-state index in [2.05, 4.69) is 21.7 Å². The smallest absolute Gasteiger partial charge is 0.191 e. The van der Waals surface area contributed by atoms with Crippen molar-refractivity contribution in [1.29, 1.82) is 0 Å². The highest BCUT2D eigenvalue weighted by molar-refractivity contribution is 14.0. The van der Waals surface area contributed by atoms with E-state index in [1.165, 1.54) is 11.6 Å². The summed E-state index contributed by atoms with van der Waals surface area (Å²) < 4.78 is 32.6. The molecule has 0 saturated heterocycles. The molecular formula is C19H22F2IN3O. The number of halogens is 3. The number of ether oxygens (including phenoxy) is 1. The highest BCUT2D eigenvalue weighted by Gasteiger charge is 2.21. The topological polar surface area (TPSA) is 45.7 Å². The van der Waals surface area contributed by atoms with Crippen LogP contribution in [-0.2, 0) is 6.54 Å². The maximum absolute atomic E-state index is 13.7. The van der Waals surface area contributed by atoms with Crippen LogP contribution in [0.1, 0.15) is 23.5 Å². The summed E-state index contributed by atoms with van der Waals surface area (Å²) in [6.45, 7) is 1.53. The Bertz CT molecular complexity index is 770. The van der Waals surface area contributed by atoms with E-state index in [9.17, 15) is 8.78 Å². The molecule has 0 aromatic heterocycles. The molecule has 140 valence electrons. The monoisotopic (exact) mass is 473 g/mol. The molecule has 1 unspecified atom stereocenters. The van der Waals surface area contributed by atoms with E-state index in [-0.39, 0.29) is 36.1 Å². The van der Waals surface area contributed by atoms with Crippen LogP contribution in [0.25, 0.3) is 0 Å². The van der Waals surface area contributed by atoms with Gasteiger partial charge in [0.15, 0.2) is 5.96 Å². The van der Waals surface area contributed by atoms with Crippen molar-refractivity contribution in [3.63, 3.8) is 0 Å². The largest absolute Gasteiger partial charge is 0.493 e. The van der Waals surface area contributed by atoms with Crippen molar-refractivity contribution in [1.82, 2.24) is 10.6 Å². The Labute approximate surface area is 169 Å². The number of guanidine groups is 1. The third-order valence-electron chi connectivity index (χ3n) is 4.28. The first kappa shape index (κ1) is 20.4. The minimum atomic E-state index is -0.458. The summed E-state index contributed by atoms with van der Waals surface area (Å²) in [5, 5.41) is 6.27. The minimum absolute atomic E-state index is 0. The Kier molecular flexibility index (Phi) is 7.62. The SMILES string of the molecule is CN=C(NCc1cc(F)ccc1F)NCC1CCOc2ccccc21.I. The number of rotatable bonds is 4. The summed E-state index contributed by atoms with van der Waals surface area (Å²) in [5.74, 6) is 0.884. The average Bonchev–Trinajstić information content (AvgIpc) is 2.64. The minimum Gasteiger partial charge on any atom is -0.493 e. The lowest BCUT2D eigenvalue weighted by Crippen LogP contribution is -2.39. The number of nitrogens with one attached hydrogen (secondary N) is 2. The van der Waals surface area contributed by atoms with Crippen molar-refractivity contribution in [3.8, 4) is 5.75 Å². The van der Waals surface area contributed by atoms with Crippen LogP contribution in [0.2, 0.25) is 0 Å². The molecule has 0 spiro atoms. The van der Waals surface area contributed by atoms with Gasteiger partial charge in [-0.25, -0.2) is 8.78 Å². The molecule has 0 aliphatic carbocycles. The Morgan fingerprint density at radius 1 is 1.19 bits per heavy atom. The van der Waals surface area contributed by atoms with Crippen molar-refractivity contribution in [2.75, 3.05) is 20.2 Å². The second kappa shape index (κ2) is 9.70. The van der Waals surface area contributed by atoms with E-state index in [1.54, 1.807) is 7.05 Å². The van der Waals surface area contributed by atoms with E-state index in [0.717, 1.165) is 24.3 Å². The quantitative estimate of drug-likeness (QED) is 0.404. The normalized spacial score (nSPS) is 16.1. The Morgan fingerprint density at radius 2 is 2.00 bits per heavy atom. The Hall–Kier alpha value is -1.90. The molecule has 0 radical (unpaired) electrons. The van der Waals surface area contributed by atoms with E-state index in [4.69, 9.17) is 4.74 Å². The van der Waals surface area contributed by atoms with E-state index in [1.807, 2.05) is 18.2 Å². The third kappa shape index (κ3) is 5.06. The molecule has 1 aliphatic heterocycles. The van der Waals surface area contributed by atoms with Gasteiger partial charge in [0.05, 0.1) is 6.61 Å². The molecule has 0 saturated carbocycles. The molecule has 2 N–H and O–H groups in total. The van der Waals surface area contributed by atoms with Gasteiger partial charge in [-0.05, 0) is 36.2 Å². The van der Waals surface area contributed by atoms with Crippen molar-refractivity contribution in [2.45, 2.75) is 18.9 Å². The predicted molar refractivity (Wildman–Crippen MR) is 109 cm³/mol. The molecule has 0 amide bonds. The fraction of sp³-hybridized carbons (Fsp3) is 0.316. The van der Waals surface area contributed by atoms with Crippen molar-refractivity contribution < 1.29 is 13.5 Å². The van der Waals surface area contributed by atoms with Gasteiger partial charge in [0, 0.05) is 31.6 Å². The lowest BCUT2D eigenvalue weighted by molar-refractivity contribution is 0.267. The number of nitrogens with zero attached hydrogens (tertiary/aromatic N) is 1. The highest BCUT2D eigenvalue weighted by Crippen LogP contribution is 2.32. The van der Waals surface area contributed by atoms with Crippen LogP contribution in [0.5, 0.6) is 5.75 Å². The summed E-state index contributed by atoms with van der Waals surface area (Å²) in [7, 11) is 1.65. The zero-order valence-corrected chi connectivity index (χ0v) is 16.8. The summed E-state index contributed by atoms with van der Waals surface area (Å²) in [5.41, 5.74) is 1.44. The molecule has 0 fully saturated rings. The molecule has 2 aromatic carbocycles. The first-order chi connectivity index (χ1) is 12.2. The molecule has 1 atom stereocenters. The molecule has 4 nitrogen and oxygen atoms in total. The first-order valence-electron chi connectivity index (χ1n) is 8.27. The zero-order valence-electron chi connectivity index (χ0n) is 14.5. The van der Waals surface area contributed by atoms with Crippen LogP contribution in [0.4, 0.5) is 8.78 Å². The van der Waals surface area contributed by atoms with Crippen LogP contribution in [0.3, 0.4) is 0 Å². The second-order valence-corrected chi connectivity index (χ2v) is 5.91. The zero-order chi connectivity index (χ0) is 17.6. The van der Waals surface area contributed by atoms with Gasteiger partial charge in [-0.1, -0.05) is 18.2 Å². The third-order valence-corrected chi connectivity index (χ3v) is 4.28. The van der Waals surface area contributed by atoms with Gasteiger partial charge in [0.1, 0.15) is 17.4 Å². The predicted octanol–water partition coefficient (Wildman–Crippen LogP) is 3.81. The van der Waals surface area contributed by atoms with Gasteiger partial charge in [0.2, 0.25) is 0 Å². The van der Waals surface area contributed by atoms with Crippen LogP contribution in [0.15, 0.2) is 47.5 Å². The first-order valence-corrected chi connectivity index (χ1v) is 8.27. The fourth-order valence-corrected chi connectivity index (χ4v) is 2.93. The number of hydrogen-bond donors (Lipinski definition) is 2. The number of hydrogen-bond acceptors (Lipinski definition) is 2. The van der Waals surface area contributed by atoms with Crippen molar-refractivity contribution >= 4 is 29.9 Å². The van der Waals surface area contributed by atoms with Gasteiger partial charge >= 0.3 is 0 Å².